The average Bonchev–Trinajstić information content (AvgIpc) is 2.71. The van der Waals surface area contributed by atoms with E-state index in [1.165, 1.54) is 0 Å². The smallest absolute Gasteiger partial charge is 0.175 e. The molecule has 0 bridgehead atoms. The molecule has 96 valence electrons. The Hall–Kier alpha value is -1.21. The number of nitrogens with zero attached hydrogens (tertiary/aromatic N) is 2. The molecule has 0 saturated heterocycles. The van der Waals surface area contributed by atoms with Gasteiger partial charge in [0.05, 0.1) is 4.90 Å². The normalized spacial score (nSPS) is 11.2. The minimum Gasteiger partial charge on any atom is -0.399 e. The first-order chi connectivity index (χ1) is 8.47. The lowest BCUT2D eigenvalue weighted by Gasteiger charge is -2.03. The number of halogens is 2. The van der Waals surface area contributed by atoms with Gasteiger partial charge in [-0.1, -0.05) is 25.6 Å². The van der Waals surface area contributed by atoms with Gasteiger partial charge in [0.2, 0.25) is 0 Å². The Kier molecular flexibility index (Phi) is 3.82. The van der Waals surface area contributed by atoms with E-state index in [0.29, 0.717) is 10.2 Å². The first kappa shape index (κ1) is 13.2. The first-order valence-electron chi connectivity index (χ1n) is 5.23. The minimum atomic E-state index is -0.682. The summed E-state index contributed by atoms with van der Waals surface area (Å²) in [6, 6.07) is 2.19. The lowest BCUT2D eigenvalue weighted by atomic mass is 10.2. The maximum Gasteiger partial charge on any atom is 0.175 e. The molecule has 0 unspecified atom stereocenters. The van der Waals surface area contributed by atoms with Gasteiger partial charge in [0, 0.05) is 11.6 Å². The van der Waals surface area contributed by atoms with Crippen LogP contribution in [0.3, 0.4) is 0 Å². The van der Waals surface area contributed by atoms with Gasteiger partial charge >= 0.3 is 0 Å². The molecule has 0 aliphatic carbocycles. The van der Waals surface area contributed by atoms with Crippen molar-refractivity contribution < 1.29 is 8.78 Å². The molecule has 0 fully saturated rings. The van der Waals surface area contributed by atoms with E-state index in [1.54, 1.807) is 0 Å². The summed E-state index contributed by atoms with van der Waals surface area (Å²) >= 11 is 2.06. The topological polar surface area (TPSA) is 51.8 Å². The zero-order valence-electron chi connectivity index (χ0n) is 9.78. The highest BCUT2D eigenvalue weighted by Gasteiger charge is 2.15. The molecular weight excluding hydrogens is 276 g/mol. The van der Waals surface area contributed by atoms with Gasteiger partial charge in [-0.25, -0.2) is 13.8 Å². The van der Waals surface area contributed by atoms with Gasteiger partial charge in [-0.3, -0.25) is 0 Å². The summed E-state index contributed by atoms with van der Waals surface area (Å²) < 4.78 is 31.8. The van der Waals surface area contributed by atoms with Crippen molar-refractivity contribution in [1.29, 1.82) is 0 Å². The molecule has 0 aliphatic rings. The summed E-state index contributed by atoms with van der Waals surface area (Å²) in [5.41, 5.74) is 5.42. The quantitative estimate of drug-likeness (QED) is 0.875. The Morgan fingerprint density at radius 1 is 1.28 bits per heavy atom. The summed E-state index contributed by atoms with van der Waals surface area (Å²) in [5.74, 6) is -0.493. The van der Waals surface area contributed by atoms with Crippen molar-refractivity contribution in [3.63, 3.8) is 0 Å². The van der Waals surface area contributed by atoms with E-state index in [1.807, 2.05) is 13.8 Å². The fourth-order valence-electron chi connectivity index (χ4n) is 1.26. The Balaban J connectivity index is 2.28. The molecular formula is C11H11F2N3S2. The predicted octanol–water partition coefficient (Wildman–Crippen LogP) is 3.67. The van der Waals surface area contributed by atoms with Crippen LogP contribution in [0.2, 0.25) is 0 Å². The van der Waals surface area contributed by atoms with Crippen LogP contribution >= 0.6 is 23.3 Å². The summed E-state index contributed by atoms with van der Waals surface area (Å²) in [4.78, 5) is 4.11. The minimum absolute atomic E-state index is 0.0643. The number of nitrogens with two attached hydrogens (primary N) is 1. The van der Waals surface area contributed by atoms with Crippen molar-refractivity contribution in [2.45, 2.75) is 29.0 Å². The van der Waals surface area contributed by atoms with Gasteiger partial charge in [0.1, 0.15) is 17.5 Å². The zero-order valence-corrected chi connectivity index (χ0v) is 11.4. The van der Waals surface area contributed by atoms with Crippen LogP contribution in [0.5, 0.6) is 0 Å². The maximum atomic E-state index is 13.6. The number of benzene rings is 1. The highest BCUT2D eigenvalue weighted by Crippen LogP contribution is 2.34. The van der Waals surface area contributed by atoms with Crippen LogP contribution < -0.4 is 5.73 Å². The Morgan fingerprint density at radius 2 is 1.89 bits per heavy atom. The van der Waals surface area contributed by atoms with E-state index in [9.17, 15) is 8.78 Å². The molecule has 3 nitrogen and oxygen atoms in total. The Morgan fingerprint density at radius 3 is 2.39 bits per heavy atom. The molecule has 7 heteroatoms. The number of aromatic nitrogens is 2. The first-order valence-corrected chi connectivity index (χ1v) is 6.82. The molecule has 1 aromatic carbocycles. The molecule has 2 N–H and O–H groups in total. The van der Waals surface area contributed by atoms with Crippen molar-refractivity contribution in [3.8, 4) is 0 Å². The molecule has 0 spiro atoms. The Bertz CT molecular complexity index is 546. The second-order valence-electron chi connectivity index (χ2n) is 3.99. The average molecular weight is 287 g/mol. The zero-order chi connectivity index (χ0) is 13.3. The molecule has 0 aliphatic heterocycles. The third-order valence-corrected chi connectivity index (χ3v) is 4.01. The highest BCUT2D eigenvalue weighted by atomic mass is 32.2. The van der Waals surface area contributed by atoms with E-state index in [2.05, 4.69) is 9.36 Å². The van der Waals surface area contributed by atoms with E-state index >= 15 is 0 Å². The second kappa shape index (κ2) is 5.19. The summed E-state index contributed by atoms with van der Waals surface area (Å²) in [7, 11) is 0. The summed E-state index contributed by atoms with van der Waals surface area (Å²) in [5, 5.41) is 0. The third kappa shape index (κ3) is 2.78. The lowest BCUT2D eigenvalue weighted by molar-refractivity contribution is 0.542. The van der Waals surface area contributed by atoms with E-state index in [-0.39, 0.29) is 16.5 Å². The molecule has 2 aromatic rings. The molecule has 0 amide bonds. The van der Waals surface area contributed by atoms with Crippen LogP contribution in [0, 0.1) is 11.6 Å². The molecule has 1 heterocycles. The lowest BCUT2D eigenvalue weighted by Crippen LogP contribution is -1.93. The SMILES string of the molecule is CC(C)c1nsc(Sc2c(F)cc(N)cc2F)n1. The van der Waals surface area contributed by atoms with Crippen molar-refractivity contribution in [3.05, 3.63) is 29.6 Å². The number of anilines is 1. The predicted molar refractivity (Wildman–Crippen MR) is 68.9 cm³/mol. The van der Waals surface area contributed by atoms with Crippen molar-refractivity contribution in [2.75, 3.05) is 5.73 Å². The van der Waals surface area contributed by atoms with Crippen LogP contribution in [0.25, 0.3) is 0 Å². The summed E-state index contributed by atoms with van der Waals surface area (Å²) in [6.45, 7) is 3.92. The van der Waals surface area contributed by atoms with Crippen LogP contribution in [-0.4, -0.2) is 9.36 Å². The van der Waals surface area contributed by atoms with Crippen LogP contribution in [-0.2, 0) is 0 Å². The number of rotatable bonds is 3. The van der Waals surface area contributed by atoms with Crippen LogP contribution in [0.4, 0.5) is 14.5 Å². The molecule has 0 saturated carbocycles. The van der Waals surface area contributed by atoms with Gasteiger partial charge in [0.15, 0.2) is 4.34 Å². The largest absolute Gasteiger partial charge is 0.399 e. The second-order valence-corrected chi connectivity index (χ2v) is 6.00. The number of nitrogen functional groups attached to an aromatic ring is 1. The third-order valence-electron chi connectivity index (χ3n) is 2.15. The maximum absolute atomic E-state index is 13.6. The van der Waals surface area contributed by atoms with Crippen molar-refractivity contribution in [2.24, 2.45) is 0 Å². The van der Waals surface area contributed by atoms with E-state index in [0.717, 1.165) is 35.4 Å². The number of hydrogen-bond acceptors (Lipinski definition) is 5. The standard InChI is InChI=1S/C11H11F2N3S2/c1-5(2)10-15-11(18-16-10)17-9-7(12)3-6(14)4-8(9)13/h3-5H,14H2,1-2H3. The molecule has 1 aromatic heterocycles. The molecule has 0 radical (unpaired) electrons. The Labute approximate surface area is 112 Å². The number of hydrogen-bond donors (Lipinski definition) is 1. The van der Waals surface area contributed by atoms with Crippen molar-refractivity contribution >= 4 is 29.0 Å². The highest BCUT2D eigenvalue weighted by molar-refractivity contribution is 8.01. The van der Waals surface area contributed by atoms with Gasteiger partial charge in [-0.05, 0) is 23.7 Å². The van der Waals surface area contributed by atoms with E-state index in [4.69, 9.17) is 5.73 Å². The van der Waals surface area contributed by atoms with Gasteiger partial charge < -0.3 is 5.73 Å². The van der Waals surface area contributed by atoms with E-state index < -0.39 is 11.6 Å². The molecule has 0 atom stereocenters. The van der Waals surface area contributed by atoms with Crippen LogP contribution in [0.1, 0.15) is 25.6 Å². The molecule has 18 heavy (non-hydrogen) atoms. The van der Waals surface area contributed by atoms with Gasteiger partial charge in [0.25, 0.3) is 0 Å². The fourth-order valence-corrected chi connectivity index (χ4v) is 2.96. The monoisotopic (exact) mass is 287 g/mol. The van der Waals surface area contributed by atoms with Crippen LogP contribution in [0.15, 0.2) is 21.4 Å². The fraction of sp³-hybridized carbons (Fsp3) is 0.273. The van der Waals surface area contributed by atoms with Gasteiger partial charge in [-0.15, -0.1) is 0 Å². The summed E-state index contributed by atoms with van der Waals surface area (Å²) in [6.07, 6.45) is 0. The van der Waals surface area contributed by atoms with Gasteiger partial charge in [-0.2, -0.15) is 4.37 Å². The van der Waals surface area contributed by atoms with Crippen molar-refractivity contribution in [1.82, 2.24) is 9.36 Å². The molecule has 2 rings (SSSR count).